The van der Waals surface area contributed by atoms with Crippen molar-refractivity contribution >= 4 is 0 Å². The molecular weight excluding hydrogens is 252 g/mol. The van der Waals surface area contributed by atoms with Crippen LogP contribution in [0.5, 0.6) is 0 Å². The van der Waals surface area contributed by atoms with Crippen LogP contribution in [0.15, 0.2) is 23.8 Å². The zero-order valence-electron chi connectivity index (χ0n) is 14.9. The molecule has 0 spiro atoms. The Labute approximate surface area is 134 Å². The van der Waals surface area contributed by atoms with E-state index in [1.54, 1.807) is 0 Å². The molecule has 2 unspecified atom stereocenters. The molecule has 1 aliphatic carbocycles. The molecule has 0 aromatic rings. The molecule has 0 bridgehead atoms. The second-order valence-corrected chi connectivity index (χ2v) is 7.15. The smallest absolute Gasteiger partial charge is 0.0345 e. The number of rotatable bonds is 2. The molecule has 0 aliphatic heterocycles. The quantitative estimate of drug-likeness (QED) is 0.495. The summed E-state index contributed by atoms with van der Waals surface area (Å²) in [6, 6.07) is 0. The lowest BCUT2D eigenvalue weighted by Crippen LogP contribution is -2.12. The normalized spacial score (nSPS) is 27.3. The third kappa shape index (κ3) is 9.17. The Morgan fingerprint density at radius 3 is 2.48 bits per heavy atom. The van der Waals surface area contributed by atoms with Gasteiger partial charge in [-0.3, -0.25) is 0 Å². The second kappa shape index (κ2) is 12.1. The third-order valence-corrected chi connectivity index (χ3v) is 5.12. The van der Waals surface area contributed by atoms with Crippen molar-refractivity contribution in [1.29, 1.82) is 0 Å². The van der Waals surface area contributed by atoms with Crippen LogP contribution in [-0.4, -0.2) is 0 Å². The summed E-state index contributed by atoms with van der Waals surface area (Å²) in [5.74, 6) is 1.92. The van der Waals surface area contributed by atoms with Crippen LogP contribution < -0.4 is 0 Å². The van der Waals surface area contributed by atoms with Gasteiger partial charge in [0.25, 0.3) is 0 Å². The fourth-order valence-corrected chi connectivity index (χ4v) is 3.62. The highest BCUT2D eigenvalue weighted by Crippen LogP contribution is 2.28. The van der Waals surface area contributed by atoms with Gasteiger partial charge in [-0.2, -0.15) is 0 Å². The topological polar surface area (TPSA) is 0 Å². The van der Waals surface area contributed by atoms with E-state index in [-0.39, 0.29) is 0 Å². The molecule has 0 amide bonds. The maximum Gasteiger partial charge on any atom is -0.0345 e. The zero-order chi connectivity index (χ0) is 15.3. The molecule has 0 saturated heterocycles. The molecule has 122 valence electrons. The first-order valence-corrected chi connectivity index (χ1v) is 9.57. The molecule has 0 aromatic heterocycles. The molecule has 2 atom stereocenters. The van der Waals surface area contributed by atoms with Gasteiger partial charge in [0.2, 0.25) is 0 Å². The Hall–Kier alpha value is -0.520. The van der Waals surface area contributed by atoms with Gasteiger partial charge in [0.05, 0.1) is 0 Å². The Morgan fingerprint density at radius 2 is 1.67 bits per heavy atom. The van der Waals surface area contributed by atoms with Crippen LogP contribution in [-0.2, 0) is 0 Å². The van der Waals surface area contributed by atoms with Gasteiger partial charge >= 0.3 is 0 Å². The fraction of sp³-hybridized carbons (Fsp3) is 0.810. The molecule has 0 fully saturated rings. The molecule has 1 rings (SSSR count). The van der Waals surface area contributed by atoms with E-state index in [0.717, 1.165) is 11.8 Å². The number of allylic oxidation sites excluding steroid dienone is 4. The predicted molar refractivity (Wildman–Crippen MR) is 96.6 cm³/mol. The first-order valence-electron chi connectivity index (χ1n) is 9.57. The van der Waals surface area contributed by atoms with Gasteiger partial charge in [0, 0.05) is 0 Å². The fourth-order valence-electron chi connectivity index (χ4n) is 3.62. The number of hydrogen-bond acceptors (Lipinski definition) is 0. The lowest BCUT2D eigenvalue weighted by Gasteiger charge is -2.24. The van der Waals surface area contributed by atoms with Crippen LogP contribution in [0.1, 0.15) is 97.8 Å². The maximum absolute atomic E-state index is 2.51. The van der Waals surface area contributed by atoms with Gasteiger partial charge in [0.1, 0.15) is 0 Å². The van der Waals surface area contributed by atoms with E-state index in [4.69, 9.17) is 0 Å². The molecule has 21 heavy (non-hydrogen) atoms. The van der Waals surface area contributed by atoms with Crippen LogP contribution in [0.2, 0.25) is 0 Å². The molecule has 0 nitrogen and oxygen atoms in total. The van der Waals surface area contributed by atoms with Crippen molar-refractivity contribution in [2.75, 3.05) is 0 Å². The second-order valence-electron chi connectivity index (χ2n) is 7.15. The van der Waals surface area contributed by atoms with Crippen molar-refractivity contribution in [3.63, 3.8) is 0 Å². The van der Waals surface area contributed by atoms with Crippen molar-refractivity contribution in [3.8, 4) is 0 Å². The summed E-state index contributed by atoms with van der Waals surface area (Å²) in [6.45, 7) is 7.11. The largest absolute Gasteiger partial charge is 0.0843 e. The highest BCUT2D eigenvalue weighted by Gasteiger charge is 2.15. The van der Waals surface area contributed by atoms with Gasteiger partial charge < -0.3 is 0 Å². The van der Waals surface area contributed by atoms with Crippen LogP contribution in [0.3, 0.4) is 0 Å². The van der Waals surface area contributed by atoms with Crippen molar-refractivity contribution in [1.82, 2.24) is 0 Å². The van der Waals surface area contributed by atoms with Gasteiger partial charge in [-0.1, -0.05) is 89.0 Å². The molecule has 1 aliphatic rings. The zero-order valence-corrected chi connectivity index (χ0v) is 14.9. The summed E-state index contributed by atoms with van der Waals surface area (Å²) < 4.78 is 0. The Kier molecular flexibility index (Phi) is 10.6. The Balaban J connectivity index is 2.48. The molecule has 0 heterocycles. The molecule has 0 N–H and O–H groups in total. The Bertz CT molecular complexity index is 297. The standard InChI is InChI=1S/C21H38/c1-4-14-21-18-13-8-6-5-7-10-15-19(2)16-11-9-12-17-20(21)3/h10,15-16,20-21H,4-9,11-14,17-18H2,1-3H3. The van der Waals surface area contributed by atoms with Crippen LogP contribution >= 0.6 is 0 Å². The highest BCUT2D eigenvalue weighted by atomic mass is 14.2. The van der Waals surface area contributed by atoms with E-state index in [0.29, 0.717) is 0 Å². The van der Waals surface area contributed by atoms with Crippen molar-refractivity contribution in [2.24, 2.45) is 11.8 Å². The minimum atomic E-state index is 0.933. The van der Waals surface area contributed by atoms with Crippen molar-refractivity contribution in [2.45, 2.75) is 97.8 Å². The van der Waals surface area contributed by atoms with Gasteiger partial charge in [-0.25, -0.2) is 0 Å². The van der Waals surface area contributed by atoms with E-state index in [1.165, 1.54) is 82.6 Å². The van der Waals surface area contributed by atoms with E-state index in [2.05, 4.69) is 39.0 Å². The molecule has 0 radical (unpaired) electrons. The molecule has 0 aromatic carbocycles. The molecular formula is C21H38. The van der Waals surface area contributed by atoms with E-state index in [9.17, 15) is 0 Å². The van der Waals surface area contributed by atoms with Crippen LogP contribution in [0, 0.1) is 11.8 Å². The minimum absolute atomic E-state index is 0.933. The lowest BCUT2D eigenvalue weighted by atomic mass is 9.82. The highest BCUT2D eigenvalue weighted by molar-refractivity contribution is 5.15. The van der Waals surface area contributed by atoms with Gasteiger partial charge in [-0.05, 0) is 44.4 Å². The average Bonchev–Trinajstić information content (AvgIpc) is 2.47. The first-order chi connectivity index (χ1) is 10.2. The van der Waals surface area contributed by atoms with Crippen LogP contribution in [0.25, 0.3) is 0 Å². The summed E-state index contributed by atoms with van der Waals surface area (Å²) >= 11 is 0. The summed E-state index contributed by atoms with van der Waals surface area (Å²) in [5.41, 5.74) is 1.46. The van der Waals surface area contributed by atoms with E-state index < -0.39 is 0 Å². The summed E-state index contributed by atoms with van der Waals surface area (Å²) in [4.78, 5) is 0. The summed E-state index contributed by atoms with van der Waals surface area (Å²) in [5, 5.41) is 0. The summed E-state index contributed by atoms with van der Waals surface area (Å²) in [7, 11) is 0. The van der Waals surface area contributed by atoms with Crippen LogP contribution in [0.4, 0.5) is 0 Å². The van der Waals surface area contributed by atoms with E-state index in [1.807, 2.05) is 0 Å². The third-order valence-electron chi connectivity index (χ3n) is 5.12. The number of hydrogen-bond donors (Lipinski definition) is 0. The maximum atomic E-state index is 2.51. The van der Waals surface area contributed by atoms with Gasteiger partial charge in [0.15, 0.2) is 0 Å². The molecule has 0 saturated carbocycles. The predicted octanol–water partition coefficient (Wildman–Crippen LogP) is 7.46. The SMILES string of the molecule is CCCC1CCCCCCC=CC(C)=CCCCCC1C. The minimum Gasteiger partial charge on any atom is -0.0843 e. The van der Waals surface area contributed by atoms with Crippen molar-refractivity contribution in [3.05, 3.63) is 23.8 Å². The molecule has 0 heteroatoms. The monoisotopic (exact) mass is 290 g/mol. The lowest BCUT2D eigenvalue weighted by molar-refractivity contribution is 0.281. The average molecular weight is 291 g/mol. The summed E-state index contributed by atoms with van der Waals surface area (Å²) in [6.07, 6.45) is 23.8. The first kappa shape index (κ1) is 18.5. The Morgan fingerprint density at radius 1 is 0.952 bits per heavy atom. The van der Waals surface area contributed by atoms with Gasteiger partial charge in [-0.15, -0.1) is 0 Å². The van der Waals surface area contributed by atoms with E-state index >= 15 is 0 Å². The van der Waals surface area contributed by atoms with Crippen molar-refractivity contribution < 1.29 is 0 Å².